The fourth-order valence-electron chi connectivity index (χ4n) is 3.23. The van der Waals surface area contributed by atoms with Crippen LogP contribution in [-0.4, -0.2) is 37.7 Å². The van der Waals surface area contributed by atoms with Crippen molar-refractivity contribution in [3.05, 3.63) is 12.4 Å². The number of nitrogens with two attached hydrogens (primary N) is 1. The van der Waals surface area contributed by atoms with Crippen LogP contribution in [0.1, 0.15) is 45.8 Å². The molecule has 0 amide bonds. The fraction of sp³-hybridized carbons (Fsp3) is 0.556. The summed E-state index contributed by atoms with van der Waals surface area (Å²) in [7, 11) is 0. The number of imidazole rings is 1. The molecule has 0 saturated carbocycles. The number of terminal acetylenes is 1. The minimum Gasteiger partial charge on any atom is -0.461 e. The second-order valence-electron chi connectivity index (χ2n) is 6.57. The lowest BCUT2D eigenvalue weighted by atomic mass is 10.0. The number of esters is 1. The van der Waals surface area contributed by atoms with Crippen LogP contribution in [0.15, 0.2) is 6.33 Å². The average molecular weight is 375 g/mol. The molecular formula is C18H22FN5O3. The summed E-state index contributed by atoms with van der Waals surface area (Å²) in [5.74, 6) is 2.13. The zero-order chi connectivity index (χ0) is 19.6. The number of fused-ring (bicyclic) bond motifs is 1. The molecule has 2 aromatic rings. The van der Waals surface area contributed by atoms with Crippen molar-refractivity contribution in [2.45, 2.75) is 51.4 Å². The molecule has 27 heavy (non-hydrogen) atoms. The van der Waals surface area contributed by atoms with Crippen LogP contribution in [0, 0.1) is 24.3 Å². The number of rotatable bonds is 6. The Labute approximate surface area is 156 Å². The van der Waals surface area contributed by atoms with Gasteiger partial charge in [-0.05, 0) is 25.7 Å². The molecule has 0 aromatic carbocycles. The number of anilines is 1. The summed E-state index contributed by atoms with van der Waals surface area (Å²) in [5.41, 5.74) is 5.16. The van der Waals surface area contributed by atoms with Crippen LogP contribution in [0.25, 0.3) is 11.2 Å². The lowest BCUT2D eigenvalue weighted by Crippen LogP contribution is -2.35. The summed E-state index contributed by atoms with van der Waals surface area (Å²) < 4.78 is 26.5. The first kappa shape index (κ1) is 19.0. The Kier molecular flexibility index (Phi) is 5.28. The molecule has 1 saturated heterocycles. The number of ether oxygens (including phenoxy) is 2. The van der Waals surface area contributed by atoms with Crippen LogP contribution in [-0.2, 0) is 14.3 Å². The summed E-state index contributed by atoms with van der Waals surface area (Å²) in [4.78, 5) is 23.5. The Hall–Kier alpha value is -2.73. The van der Waals surface area contributed by atoms with Gasteiger partial charge in [0.25, 0.3) is 0 Å². The van der Waals surface area contributed by atoms with Crippen LogP contribution in [0.3, 0.4) is 0 Å². The normalized spacial score (nSPS) is 22.3. The van der Waals surface area contributed by atoms with Crippen molar-refractivity contribution in [2.75, 3.05) is 12.3 Å². The monoisotopic (exact) mass is 375 g/mol. The maximum Gasteiger partial charge on any atom is 0.312 e. The van der Waals surface area contributed by atoms with Gasteiger partial charge in [0, 0.05) is 0 Å². The van der Waals surface area contributed by atoms with Gasteiger partial charge in [0.05, 0.1) is 12.2 Å². The van der Waals surface area contributed by atoms with Gasteiger partial charge < -0.3 is 15.2 Å². The third-order valence-electron chi connectivity index (χ3n) is 4.92. The summed E-state index contributed by atoms with van der Waals surface area (Å²) >= 11 is 0. The van der Waals surface area contributed by atoms with Crippen molar-refractivity contribution >= 4 is 23.0 Å². The van der Waals surface area contributed by atoms with Gasteiger partial charge in [-0.1, -0.05) is 19.8 Å². The van der Waals surface area contributed by atoms with E-state index < -0.39 is 17.9 Å². The zero-order valence-electron chi connectivity index (χ0n) is 15.3. The van der Waals surface area contributed by atoms with E-state index in [0.717, 1.165) is 0 Å². The number of hydrogen-bond donors (Lipinski definition) is 1. The predicted octanol–water partition coefficient (Wildman–Crippen LogP) is 2.21. The van der Waals surface area contributed by atoms with Gasteiger partial charge in [-0.25, -0.2) is 4.98 Å². The quantitative estimate of drug-likeness (QED) is 0.469. The molecule has 9 heteroatoms. The van der Waals surface area contributed by atoms with E-state index >= 15 is 0 Å². The van der Waals surface area contributed by atoms with E-state index in [4.69, 9.17) is 21.6 Å². The molecule has 2 N–H and O–H groups in total. The minimum absolute atomic E-state index is 0.0343. The third kappa shape index (κ3) is 3.57. The van der Waals surface area contributed by atoms with E-state index in [-0.39, 0.29) is 30.0 Å². The standard InChI is InChI=1S/C18H22FN5O3/c1-4-11(5-2)16(25)26-9-18(6-3)8-7-12(27-18)24-10-21-13-14(20)22-17(19)23-15(13)24/h3,10-12H,4-5,7-9H2,1-2H3,(H2,20,22,23)/t12-,18+/m1/s1. The second kappa shape index (κ2) is 7.48. The van der Waals surface area contributed by atoms with Crippen LogP contribution < -0.4 is 5.73 Å². The largest absolute Gasteiger partial charge is 0.461 e. The molecule has 1 fully saturated rings. The molecule has 3 heterocycles. The Bertz CT molecular complexity index is 889. The molecule has 1 aliphatic rings. The van der Waals surface area contributed by atoms with Crippen molar-refractivity contribution in [1.82, 2.24) is 19.5 Å². The van der Waals surface area contributed by atoms with Crippen molar-refractivity contribution in [3.8, 4) is 12.3 Å². The molecule has 0 unspecified atom stereocenters. The van der Waals surface area contributed by atoms with Crippen molar-refractivity contribution in [1.29, 1.82) is 0 Å². The summed E-state index contributed by atoms with van der Waals surface area (Å²) in [6.07, 6.45) is 8.09. The fourth-order valence-corrected chi connectivity index (χ4v) is 3.23. The van der Waals surface area contributed by atoms with Crippen molar-refractivity contribution < 1.29 is 18.7 Å². The Morgan fingerprint density at radius 1 is 1.56 bits per heavy atom. The van der Waals surface area contributed by atoms with Gasteiger partial charge in [-0.15, -0.1) is 6.42 Å². The van der Waals surface area contributed by atoms with E-state index in [1.54, 1.807) is 4.57 Å². The highest BCUT2D eigenvalue weighted by Crippen LogP contribution is 2.38. The van der Waals surface area contributed by atoms with Gasteiger partial charge in [0.1, 0.15) is 12.8 Å². The molecule has 3 rings (SSSR count). The lowest BCUT2D eigenvalue weighted by Gasteiger charge is -2.24. The molecular weight excluding hydrogens is 353 g/mol. The van der Waals surface area contributed by atoms with Gasteiger partial charge >= 0.3 is 12.0 Å². The maximum atomic E-state index is 13.5. The molecule has 0 spiro atoms. The first-order valence-corrected chi connectivity index (χ1v) is 8.90. The number of carbonyl (C=O) groups is 1. The van der Waals surface area contributed by atoms with Gasteiger partial charge in [-0.3, -0.25) is 9.36 Å². The predicted molar refractivity (Wildman–Crippen MR) is 95.6 cm³/mol. The molecule has 2 aromatic heterocycles. The van der Waals surface area contributed by atoms with E-state index in [2.05, 4.69) is 20.9 Å². The highest BCUT2D eigenvalue weighted by molar-refractivity contribution is 5.81. The van der Waals surface area contributed by atoms with Gasteiger partial charge in [0.2, 0.25) is 0 Å². The highest BCUT2D eigenvalue weighted by Gasteiger charge is 2.42. The Morgan fingerprint density at radius 2 is 2.30 bits per heavy atom. The third-order valence-corrected chi connectivity index (χ3v) is 4.92. The number of carbonyl (C=O) groups excluding carboxylic acids is 1. The van der Waals surface area contributed by atoms with E-state index in [0.29, 0.717) is 31.2 Å². The number of hydrogen-bond acceptors (Lipinski definition) is 7. The van der Waals surface area contributed by atoms with Crippen LogP contribution in [0.5, 0.6) is 0 Å². The van der Waals surface area contributed by atoms with Crippen LogP contribution in [0.4, 0.5) is 10.2 Å². The number of nitrogen functional groups attached to an aromatic ring is 1. The smallest absolute Gasteiger partial charge is 0.312 e. The van der Waals surface area contributed by atoms with E-state index in [9.17, 15) is 9.18 Å². The number of halogens is 1. The maximum absolute atomic E-state index is 13.5. The summed E-state index contributed by atoms with van der Waals surface area (Å²) in [5, 5.41) is 0. The molecule has 0 bridgehead atoms. The zero-order valence-corrected chi connectivity index (χ0v) is 15.3. The van der Waals surface area contributed by atoms with Gasteiger partial charge in [0.15, 0.2) is 22.6 Å². The molecule has 144 valence electrons. The molecule has 0 aliphatic carbocycles. The topological polar surface area (TPSA) is 105 Å². The molecule has 8 nitrogen and oxygen atoms in total. The first-order chi connectivity index (χ1) is 12.9. The van der Waals surface area contributed by atoms with Gasteiger partial charge in [-0.2, -0.15) is 14.4 Å². The molecule has 1 aliphatic heterocycles. The molecule has 0 radical (unpaired) electrons. The Balaban J connectivity index is 1.77. The van der Waals surface area contributed by atoms with Crippen molar-refractivity contribution in [3.63, 3.8) is 0 Å². The van der Waals surface area contributed by atoms with E-state index in [1.165, 1.54) is 6.33 Å². The Morgan fingerprint density at radius 3 is 2.96 bits per heavy atom. The van der Waals surface area contributed by atoms with Crippen LogP contribution >= 0.6 is 0 Å². The minimum atomic E-state index is -1.04. The summed E-state index contributed by atoms with van der Waals surface area (Å²) in [6.45, 7) is 3.84. The highest BCUT2D eigenvalue weighted by atomic mass is 19.1. The van der Waals surface area contributed by atoms with Crippen molar-refractivity contribution in [2.24, 2.45) is 5.92 Å². The average Bonchev–Trinajstić information content (AvgIpc) is 3.26. The van der Waals surface area contributed by atoms with E-state index in [1.807, 2.05) is 13.8 Å². The lowest BCUT2D eigenvalue weighted by molar-refractivity contribution is -0.157. The second-order valence-corrected chi connectivity index (χ2v) is 6.57. The number of aromatic nitrogens is 4. The SMILES string of the molecule is C#C[C@@]1(COC(=O)C(CC)CC)CC[C@H](n2cnc3c(N)nc(F)nc32)O1. The summed E-state index contributed by atoms with van der Waals surface area (Å²) in [6, 6.07) is 0. The number of nitrogens with zero attached hydrogens (tertiary/aromatic N) is 4. The first-order valence-electron chi connectivity index (χ1n) is 8.90. The van der Waals surface area contributed by atoms with Crippen LogP contribution in [0.2, 0.25) is 0 Å². The molecule has 2 atom stereocenters.